The molecular formula is C13H9N3O2S2. The second-order valence-electron chi connectivity index (χ2n) is 3.84. The molecule has 5 nitrogen and oxygen atoms in total. The van der Waals surface area contributed by atoms with E-state index < -0.39 is 0 Å². The van der Waals surface area contributed by atoms with Gasteiger partial charge in [-0.3, -0.25) is 9.97 Å². The summed E-state index contributed by atoms with van der Waals surface area (Å²) in [5.74, 6) is -0.0619. The van der Waals surface area contributed by atoms with Crippen LogP contribution in [-0.4, -0.2) is 20.9 Å². The molecule has 3 rings (SSSR count). The first kappa shape index (κ1) is 12.9. The third-order valence-corrected chi connectivity index (χ3v) is 4.27. The second-order valence-corrected chi connectivity index (χ2v) is 5.99. The Hall–Kier alpha value is -2.12. The second kappa shape index (κ2) is 5.48. The van der Waals surface area contributed by atoms with Gasteiger partial charge in [-0.25, -0.2) is 4.79 Å². The molecule has 0 aliphatic heterocycles. The Bertz CT molecular complexity index is 723. The number of carbonyl (C=O) groups is 1. The first-order chi connectivity index (χ1) is 9.74. The van der Waals surface area contributed by atoms with Gasteiger partial charge in [-0.15, -0.1) is 22.7 Å². The average molecular weight is 303 g/mol. The molecule has 0 radical (unpaired) electrons. The molecule has 0 aliphatic carbocycles. The van der Waals surface area contributed by atoms with Crippen LogP contribution >= 0.6 is 22.7 Å². The summed E-state index contributed by atoms with van der Waals surface area (Å²) in [7, 11) is 0. The summed E-state index contributed by atoms with van der Waals surface area (Å²) in [5, 5.41) is 2.51. The van der Waals surface area contributed by atoms with Gasteiger partial charge in [0, 0.05) is 12.4 Å². The van der Waals surface area contributed by atoms with Gasteiger partial charge in [-0.2, -0.15) is 4.98 Å². The van der Waals surface area contributed by atoms with E-state index in [0.29, 0.717) is 21.5 Å². The molecule has 0 bridgehead atoms. The number of esters is 1. The lowest BCUT2D eigenvalue weighted by Crippen LogP contribution is -2.07. The summed E-state index contributed by atoms with van der Waals surface area (Å²) < 4.78 is 5.31. The van der Waals surface area contributed by atoms with E-state index in [1.165, 1.54) is 22.7 Å². The molecule has 0 saturated carbocycles. The Morgan fingerprint density at radius 3 is 2.95 bits per heavy atom. The van der Waals surface area contributed by atoms with Crippen LogP contribution in [0.4, 0.5) is 0 Å². The van der Waals surface area contributed by atoms with Gasteiger partial charge in [0.15, 0.2) is 0 Å². The highest BCUT2D eigenvalue weighted by atomic mass is 32.1. The first-order valence-corrected chi connectivity index (χ1v) is 7.43. The minimum absolute atomic E-state index is 0.328. The highest BCUT2D eigenvalue weighted by molar-refractivity contribution is 7.15. The molecule has 0 spiro atoms. The number of thiazole rings is 1. The van der Waals surface area contributed by atoms with Crippen molar-refractivity contribution in [3.05, 3.63) is 45.9 Å². The molecule has 3 heterocycles. The van der Waals surface area contributed by atoms with Gasteiger partial charge in [-0.1, -0.05) is 6.07 Å². The SMILES string of the molecule is Cc1sc(-c2cnccn2)nc1OC(=O)c1cccs1. The normalized spacial score (nSPS) is 10.4. The van der Waals surface area contributed by atoms with Crippen LogP contribution in [0.1, 0.15) is 14.5 Å². The number of ether oxygens (including phenoxy) is 1. The fourth-order valence-corrected chi connectivity index (χ4v) is 2.93. The van der Waals surface area contributed by atoms with E-state index in [1.807, 2.05) is 12.3 Å². The zero-order valence-corrected chi connectivity index (χ0v) is 12.1. The van der Waals surface area contributed by atoms with Gasteiger partial charge in [0.05, 0.1) is 11.1 Å². The Morgan fingerprint density at radius 2 is 2.25 bits per heavy atom. The molecule has 20 heavy (non-hydrogen) atoms. The molecule has 100 valence electrons. The molecule has 0 unspecified atom stereocenters. The Balaban J connectivity index is 1.85. The number of aryl methyl sites for hydroxylation is 1. The van der Waals surface area contributed by atoms with E-state index >= 15 is 0 Å². The predicted molar refractivity (Wildman–Crippen MR) is 77.2 cm³/mol. The van der Waals surface area contributed by atoms with Crippen LogP contribution < -0.4 is 4.74 Å². The van der Waals surface area contributed by atoms with E-state index in [1.54, 1.807) is 30.7 Å². The van der Waals surface area contributed by atoms with E-state index in [9.17, 15) is 4.79 Å². The van der Waals surface area contributed by atoms with Crippen molar-refractivity contribution in [2.75, 3.05) is 0 Å². The minimum atomic E-state index is -0.390. The van der Waals surface area contributed by atoms with Crippen molar-refractivity contribution in [1.82, 2.24) is 15.0 Å². The van der Waals surface area contributed by atoms with Gasteiger partial charge in [0.2, 0.25) is 5.88 Å². The number of rotatable bonds is 3. The standard InChI is InChI=1S/C13H9N3O2S2/c1-8-11(18-13(17)10-3-2-6-19-10)16-12(20-8)9-7-14-4-5-15-9/h2-7H,1H3. The topological polar surface area (TPSA) is 65.0 Å². The van der Waals surface area contributed by atoms with Crippen LogP contribution in [0.15, 0.2) is 36.1 Å². The summed E-state index contributed by atoms with van der Waals surface area (Å²) in [4.78, 5) is 25.8. The van der Waals surface area contributed by atoms with E-state index in [-0.39, 0.29) is 5.97 Å². The van der Waals surface area contributed by atoms with Crippen molar-refractivity contribution in [3.8, 4) is 16.6 Å². The molecule has 3 aromatic heterocycles. The molecule has 0 amide bonds. The maximum atomic E-state index is 11.9. The highest BCUT2D eigenvalue weighted by Crippen LogP contribution is 2.30. The fraction of sp³-hybridized carbons (Fsp3) is 0.0769. The number of thiophene rings is 1. The zero-order valence-electron chi connectivity index (χ0n) is 10.4. The predicted octanol–water partition coefficient (Wildman–Crippen LogP) is 3.19. The van der Waals surface area contributed by atoms with Gasteiger partial charge >= 0.3 is 5.97 Å². The quantitative estimate of drug-likeness (QED) is 0.695. The molecule has 0 aromatic carbocycles. The van der Waals surface area contributed by atoms with Crippen molar-refractivity contribution in [2.45, 2.75) is 6.92 Å². The van der Waals surface area contributed by atoms with Crippen LogP contribution in [0, 0.1) is 6.92 Å². The van der Waals surface area contributed by atoms with Crippen LogP contribution in [0.5, 0.6) is 5.88 Å². The number of aromatic nitrogens is 3. The molecule has 0 atom stereocenters. The van der Waals surface area contributed by atoms with E-state index in [4.69, 9.17) is 4.74 Å². The Kier molecular flexibility index (Phi) is 3.53. The molecule has 0 saturated heterocycles. The zero-order chi connectivity index (χ0) is 13.9. The summed E-state index contributed by atoms with van der Waals surface area (Å²) in [6, 6.07) is 3.53. The maximum Gasteiger partial charge on any atom is 0.355 e. The van der Waals surface area contributed by atoms with Gasteiger partial charge in [-0.05, 0) is 18.4 Å². The molecule has 0 aliphatic rings. The van der Waals surface area contributed by atoms with Crippen LogP contribution in [0.2, 0.25) is 0 Å². The fourth-order valence-electron chi connectivity index (χ4n) is 1.53. The Labute approximate surface area is 122 Å². The third kappa shape index (κ3) is 2.59. The summed E-state index contributed by atoms with van der Waals surface area (Å²) in [6.07, 6.45) is 4.83. The summed E-state index contributed by atoms with van der Waals surface area (Å²) >= 11 is 2.76. The van der Waals surface area contributed by atoms with Gasteiger partial charge < -0.3 is 4.74 Å². The van der Waals surface area contributed by atoms with Crippen molar-refractivity contribution < 1.29 is 9.53 Å². The lowest BCUT2D eigenvalue weighted by molar-refractivity contribution is 0.0732. The maximum absolute atomic E-state index is 11.9. The van der Waals surface area contributed by atoms with Crippen LogP contribution in [0.3, 0.4) is 0 Å². The van der Waals surface area contributed by atoms with Crippen molar-refractivity contribution in [1.29, 1.82) is 0 Å². The van der Waals surface area contributed by atoms with Gasteiger partial charge in [0.25, 0.3) is 0 Å². The minimum Gasteiger partial charge on any atom is -0.402 e. The first-order valence-electron chi connectivity index (χ1n) is 5.73. The van der Waals surface area contributed by atoms with Crippen LogP contribution in [-0.2, 0) is 0 Å². The summed E-state index contributed by atoms with van der Waals surface area (Å²) in [5.41, 5.74) is 0.666. The number of carbonyl (C=O) groups excluding carboxylic acids is 1. The van der Waals surface area contributed by atoms with Crippen molar-refractivity contribution >= 4 is 28.6 Å². The Morgan fingerprint density at radius 1 is 1.35 bits per heavy atom. The molecule has 3 aromatic rings. The lowest BCUT2D eigenvalue weighted by atomic mass is 10.4. The van der Waals surface area contributed by atoms with E-state index in [0.717, 1.165) is 4.88 Å². The van der Waals surface area contributed by atoms with Crippen molar-refractivity contribution in [3.63, 3.8) is 0 Å². The van der Waals surface area contributed by atoms with Crippen molar-refractivity contribution in [2.24, 2.45) is 0 Å². The number of nitrogens with zero attached hydrogens (tertiary/aromatic N) is 3. The smallest absolute Gasteiger partial charge is 0.355 e. The third-order valence-electron chi connectivity index (χ3n) is 2.45. The average Bonchev–Trinajstić information content (AvgIpc) is 3.10. The van der Waals surface area contributed by atoms with Crippen LogP contribution in [0.25, 0.3) is 10.7 Å². The molecule has 0 fully saturated rings. The monoisotopic (exact) mass is 303 g/mol. The largest absolute Gasteiger partial charge is 0.402 e. The molecular weight excluding hydrogens is 294 g/mol. The lowest BCUT2D eigenvalue weighted by Gasteiger charge is -1.98. The molecule has 7 heteroatoms. The van der Waals surface area contributed by atoms with Gasteiger partial charge in [0.1, 0.15) is 15.6 Å². The van der Waals surface area contributed by atoms with E-state index in [2.05, 4.69) is 15.0 Å². The number of hydrogen-bond acceptors (Lipinski definition) is 7. The highest BCUT2D eigenvalue weighted by Gasteiger charge is 2.16. The number of hydrogen-bond donors (Lipinski definition) is 0. The molecule has 0 N–H and O–H groups in total. The summed E-state index contributed by atoms with van der Waals surface area (Å²) in [6.45, 7) is 1.86.